The lowest BCUT2D eigenvalue weighted by molar-refractivity contribution is -0.110. The zero-order valence-corrected chi connectivity index (χ0v) is 11.4. The van der Waals surface area contributed by atoms with Crippen molar-refractivity contribution < 1.29 is 19.1 Å². The molecule has 0 bridgehead atoms. The van der Waals surface area contributed by atoms with Crippen LogP contribution in [0.5, 0.6) is 0 Å². The van der Waals surface area contributed by atoms with E-state index < -0.39 is 5.97 Å². The molecule has 1 N–H and O–H groups in total. The number of anilines is 1. The number of hydrogen-bond acceptors (Lipinski definition) is 5. The number of aromatic nitrogens is 1. The van der Waals surface area contributed by atoms with Gasteiger partial charge < -0.3 is 14.8 Å². The van der Waals surface area contributed by atoms with Crippen LogP contribution in [0.1, 0.15) is 29.8 Å². The van der Waals surface area contributed by atoms with Crippen LogP contribution in [0.25, 0.3) is 5.57 Å². The smallest absolute Gasteiger partial charge is 0.339 e. The maximum absolute atomic E-state index is 11.8. The Bertz CT molecular complexity index is 566. The number of nitrogens with one attached hydrogen (secondary N) is 1. The highest BCUT2D eigenvalue weighted by atomic mass is 16.5. The minimum atomic E-state index is -0.452. The summed E-state index contributed by atoms with van der Waals surface area (Å²) in [7, 11) is 0. The first kappa shape index (κ1) is 14.2. The van der Waals surface area contributed by atoms with Crippen LogP contribution >= 0.6 is 0 Å². The molecule has 0 saturated carbocycles. The number of carbonyl (C=O) groups is 2. The number of pyridine rings is 1. The average Bonchev–Trinajstić information content (AvgIpc) is 2.75. The van der Waals surface area contributed by atoms with Crippen molar-refractivity contribution in [1.82, 2.24) is 4.98 Å². The Balaban J connectivity index is 2.30. The van der Waals surface area contributed by atoms with Crippen molar-refractivity contribution in [3.05, 3.63) is 29.5 Å². The van der Waals surface area contributed by atoms with Crippen LogP contribution in [-0.4, -0.2) is 36.7 Å². The lowest BCUT2D eigenvalue weighted by atomic mass is 10.1. The van der Waals surface area contributed by atoms with Crippen molar-refractivity contribution >= 4 is 23.3 Å². The Kier molecular flexibility index (Phi) is 4.47. The molecular formula is C14H16N2O4. The van der Waals surface area contributed by atoms with E-state index in [9.17, 15) is 9.59 Å². The van der Waals surface area contributed by atoms with Gasteiger partial charge in [0, 0.05) is 23.9 Å². The lowest BCUT2D eigenvalue weighted by Gasteiger charge is -2.03. The zero-order chi connectivity index (χ0) is 14.5. The first-order chi connectivity index (χ1) is 9.67. The summed E-state index contributed by atoms with van der Waals surface area (Å²) >= 11 is 0. The summed E-state index contributed by atoms with van der Waals surface area (Å²) in [6.45, 7) is 4.81. The summed E-state index contributed by atoms with van der Waals surface area (Å²) in [6, 6.07) is 1.61. The molecule has 6 heteroatoms. The van der Waals surface area contributed by atoms with Crippen molar-refractivity contribution in [3.8, 4) is 0 Å². The highest BCUT2D eigenvalue weighted by molar-refractivity contribution is 6.31. The van der Waals surface area contributed by atoms with Gasteiger partial charge in [-0.1, -0.05) is 0 Å². The third-order valence-corrected chi connectivity index (χ3v) is 2.77. The molecule has 0 aliphatic carbocycles. The quantitative estimate of drug-likeness (QED) is 0.502. The summed E-state index contributed by atoms with van der Waals surface area (Å²) < 4.78 is 10.1. The van der Waals surface area contributed by atoms with Crippen LogP contribution in [0.3, 0.4) is 0 Å². The molecule has 0 aromatic carbocycles. The standard InChI is InChI=1S/C14H16N2O4/c1-3-19-6-5-10-11-7-9(14(18)20-4-2)8-15-12(11)16-13(10)17/h5,7-8H,3-4,6H2,1-2H3,(H,15,16,17)/b10-5-. The van der Waals surface area contributed by atoms with Gasteiger partial charge >= 0.3 is 5.97 Å². The van der Waals surface area contributed by atoms with Gasteiger partial charge in [0.25, 0.3) is 5.91 Å². The summed E-state index contributed by atoms with van der Waals surface area (Å²) in [4.78, 5) is 27.6. The Hall–Kier alpha value is -2.21. The van der Waals surface area contributed by atoms with Gasteiger partial charge in [-0.05, 0) is 26.0 Å². The number of nitrogens with zero attached hydrogens (tertiary/aromatic N) is 1. The SMILES string of the molecule is CCOC/C=C1\C(=O)Nc2ncc(C(=O)OCC)cc21. The second kappa shape index (κ2) is 6.29. The Labute approximate surface area is 116 Å². The number of esters is 1. The third-order valence-electron chi connectivity index (χ3n) is 2.77. The molecule has 1 amide bonds. The monoisotopic (exact) mass is 276 g/mol. The largest absolute Gasteiger partial charge is 0.462 e. The molecule has 0 fully saturated rings. The van der Waals surface area contributed by atoms with Crippen molar-refractivity contribution in [2.75, 3.05) is 25.1 Å². The molecule has 0 atom stereocenters. The van der Waals surface area contributed by atoms with E-state index in [4.69, 9.17) is 9.47 Å². The maximum Gasteiger partial charge on any atom is 0.339 e. The maximum atomic E-state index is 11.8. The molecule has 0 spiro atoms. The topological polar surface area (TPSA) is 77.5 Å². The van der Waals surface area contributed by atoms with Crippen LogP contribution in [0.4, 0.5) is 5.82 Å². The first-order valence-electron chi connectivity index (χ1n) is 6.44. The van der Waals surface area contributed by atoms with Gasteiger partial charge in [-0.3, -0.25) is 4.79 Å². The van der Waals surface area contributed by atoms with Gasteiger partial charge in [-0.25, -0.2) is 9.78 Å². The Morgan fingerprint density at radius 2 is 2.20 bits per heavy atom. The van der Waals surface area contributed by atoms with Gasteiger partial charge in [0.1, 0.15) is 5.82 Å². The fraction of sp³-hybridized carbons (Fsp3) is 0.357. The molecule has 0 radical (unpaired) electrons. The van der Waals surface area contributed by atoms with Gasteiger partial charge in [0.05, 0.1) is 18.8 Å². The van der Waals surface area contributed by atoms with E-state index in [1.807, 2.05) is 6.92 Å². The van der Waals surface area contributed by atoms with Gasteiger partial charge in [0.2, 0.25) is 0 Å². The van der Waals surface area contributed by atoms with Crippen molar-refractivity contribution in [3.63, 3.8) is 0 Å². The summed E-state index contributed by atoms with van der Waals surface area (Å²) in [5.41, 5.74) is 1.39. The predicted molar refractivity (Wildman–Crippen MR) is 73.3 cm³/mol. The zero-order valence-electron chi connectivity index (χ0n) is 11.4. The molecule has 2 rings (SSSR count). The minimum absolute atomic E-state index is 0.242. The van der Waals surface area contributed by atoms with Crippen LogP contribution in [-0.2, 0) is 14.3 Å². The number of hydrogen-bond donors (Lipinski definition) is 1. The predicted octanol–water partition coefficient (Wildman–Crippen LogP) is 1.63. The van der Waals surface area contributed by atoms with E-state index in [1.165, 1.54) is 6.20 Å². The molecule has 20 heavy (non-hydrogen) atoms. The van der Waals surface area contributed by atoms with E-state index in [1.54, 1.807) is 19.1 Å². The van der Waals surface area contributed by atoms with Crippen molar-refractivity contribution in [1.29, 1.82) is 0 Å². The molecule has 6 nitrogen and oxygen atoms in total. The number of ether oxygens (including phenoxy) is 2. The highest BCUT2D eigenvalue weighted by Gasteiger charge is 2.26. The van der Waals surface area contributed by atoms with Crippen molar-refractivity contribution in [2.24, 2.45) is 0 Å². The Morgan fingerprint density at radius 1 is 1.40 bits per heavy atom. The van der Waals surface area contributed by atoms with Gasteiger partial charge in [0.15, 0.2) is 0 Å². The first-order valence-corrected chi connectivity index (χ1v) is 6.44. The molecule has 0 unspecified atom stereocenters. The number of carbonyl (C=O) groups excluding carboxylic acids is 2. The third kappa shape index (κ3) is 2.85. The highest BCUT2D eigenvalue weighted by Crippen LogP contribution is 2.30. The second-order valence-electron chi connectivity index (χ2n) is 4.07. The van der Waals surface area contributed by atoms with E-state index in [-0.39, 0.29) is 5.91 Å². The van der Waals surface area contributed by atoms with Crippen LogP contribution in [0, 0.1) is 0 Å². The van der Waals surface area contributed by atoms with E-state index in [0.29, 0.717) is 42.3 Å². The molecule has 106 valence electrons. The average molecular weight is 276 g/mol. The summed E-state index contributed by atoms with van der Waals surface area (Å²) in [5.74, 6) is -0.245. The van der Waals surface area contributed by atoms with Crippen LogP contribution in [0.15, 0.2) is 18.3 Å². The molecule has 2 heterocycles. The normalized spacial score (nSPS) is 15.1. The fourth-order valence-corrected chi connectivity index (χ4v) is 1.86. The molecule has 1 aromatic rings. The van der Waals surface area contributed by atoms with Gasteiger partial charge in [-0.2, -0.15) is 0 Å². The number of amides is 1. The second-order valence-corrected chi connectivity index (χ2v) is 4.07. The molecule has 1 aromatic heterocycles. The van der Waals surface area contributed by atoms with Crippen molar-refractivity contribution in [2.45, 2.75) is 13.8 Å². The molecular weight excluding hydrogens is 260 g/mol. The van der Waals surface area contributed by atoms with Gasteiger partial charge in [-0.15, -0.1) is 0 Å². The molecule has 1 aliphatic rings. The molecule has 1 aliphatic heterocycles. The molecule has 0 saturated heterocycles. The summed E-state index contributed by atoms with van der Waals surface area (Å²) in [5, 5.41) is 2.65. The lowest BCUT2D eigenvalue weighted by Crippen LogP contribution is -2.06. The van der Waals surface area contributed by atoms with Crippen LogP contribution < -0.4 is 5.32 Å². The number of rotatable bonds is 5. The number of fused-ring (bicyclic) bond motifs is 1. The van der Waals surface area contributed by atoms with Crippen LogP contribution in [0.2, 0.25) is 0 Å². The van der Waals surface area contributed by atoms with E-state index >= 15 is 0 Å². The fourth-order valence-electron chi connectivity index (χ4n) is 1.86. The van der Waals surface area contributed by atoms with E-state index in [0.717, 1.165) is 0 Å². The Morgan fingerprint density at radius 3 is 2.90 bits per heavy atom. The minimum Gasteiger partial charge on any atom is -0.462 e. The summed E-state index contributed by atoms with van der Waals surface area (Å²) in [6.07, 6.45) is 3.07. The van der Waals surface area contributed by atoms with E-state index in [2.05, 4.69) is 10.3 Å².